The second kappa shape index (κ2) is 5.96. The van der Waals surface area contributed by atoms with Gasteiger partial charge in [-0.25, -0.2) is 0 Å². The second-order valence-corrected chi connectivity index (χ2v) is 5.24. The van der Waals surface area contributed by atoms with E-state index in [-0.39, 0.29) is 5.91 Å². The van der Waals surface area contributed by atoms with E-state index < -0.39 is 0 Å². The minimum absolute atomic E-state index is 0.184. The van der Waals surface area contributed by atoms with Crippen LogP contribution in [0.15, 0.2) is 28.7 Å². The Bertz CT molecular complexity index is 627. The SMILES string of the molecule is COc1ccc(Br)cc1CN(C)C(=O)c1cc(N)n[nH]1. The van der Waals surface area contributed by atoms with Gasteiger partial charge in [-0.15, -0.1) is 0 Å². The zero-order valence-electron chi connectivity index (χ0n) is 11.2. The van der Waals surface area contributed by atoms with E-state index in [1.54, 1.807) is 19.1 Å². The summed E-state index contributed by atoms with van der Waals surface area (Å²) in [5.74, 6) is 0.843. The highest BCUT2D eigenvalue weighted by Crippen LogP contribution is 2.24. The Kier molecular flexibility index (Phi) is 4.29. The molecule has 106 valence electrons. The fourth-order valence-corrected chi connectivity index (χ4v) is 2.26. The lowest BCUT2D eigenvalue weighted by Crippen LogP contribution is -2.26. The van der Waals surface area contributed by atoms with Crippen molar-refractivity contribution in [3.63, 3.8) is 0 Å². The molecule has 3 N–H and O–H groups in total. The summed E-state index contributed by atoms with van der Waals surface area (Å²) in [5, 5.41) is 6.35. The zero-order valence-corrected chi connectivity index (χ0v) is 12.8. The summed E-state index contributed by atoms with van der Waals surface area (Å²) in [6, 6.07) is 7.17. The van der Waals surface area contributed by atoms with Gasteiger partial charge in [-0.1, -0.05) is 15.9 Å². The molecule has 2 aromatic rings. The summed E-state index contributed by atoms with van der Waals surface area (Å²) in [5.41, 5.74) is 6.76. The average Bonchev–Trinajstić information content (AvgIpc) is 2.84. The van der Waals surface area contributed by atoms with Gasteiger partial charge in [0.15, 0.2) is 0 Å². The van der Waals surface area contributed by atoms with Gasteiger partial charge in [-0.3, -0.25) is 9.89 Å². The molecule has 0 atom stereocenters. The number of hydrogen-bond donors (Lipinski definition) is 2. The first kappa shape index (κ1) is 14.4. The number of nitrogens with one attached hydrogen (secondary N) is 1. The van der Waals surface area contributed by atoms with Gasteiger partial charge in [0.25, 0.3) is 5.91 Å². The van der Waals surface area contributed by atoms with E-state index in [1.807, 2.05) is 18.2 Å². The molecule has 0 fully saturated rings. The summed E-state index contributed by atoms with van der Waals surface area (Å²) in [6.07, 6.45) is 0. The van der Waals surface area contributed by atoms with Crippen molar-refractivity contribution in [2.24, 2.45) is 0 Å². The third kappa shape index (κ3) is 3.11. The number of aromatic amines is 1. The van der Waals surface area contributed by atoms with Crippen LogP contribution in [-0.4, -0.2) is 35.2 Å². The molecule has 1 aromatic heterocycles. The quantitative estimate of drug-likeness (QED) is 0.893. The monoisotopic (exact) mass is 338 g/mol. The van der Waals surface area contributed by atoms with Crippen molar-refractivity contribution >= 4 is 27.7 Å². The zero-order chi connectivity index (χ0) is 14.7. The smallest absolute Gasteiger partial charge is 0.271 e. The van der Waals surface area contributed by atoms with Gasteiger partial charge >= 0.3 is 0 Å². The van der Waals surface area contributed by atoms with Crippen LogP contribution in [0.5, 0.6) is 5.75 Å². The molecule has 0 saturated heterocycles. The number of hydrogen-bond acceptors (Lipinski definition) is 4. The van der Waals surface area contributed by atoms with Crippen LogP contribution in [0, 0.1) is 0 Å². The molecule has 7 heteroatoms. The normalized spacial score (nSPS) is 10.3. The number of nitrogens with two attached hydrogens (primary N) is 1. The van der Waals surface area contributed by atoms with Crippen LogP contribution in [0.4, 0.5) is 5.82 Å². The van der Waals surface area contributed by atoms with Crippen molar-refractivity contribution in [2.45, 2.75) is 6.54 Å². The number of nitrogen functional groups attached to an aromatic ring is 1. The average molecular weight is 339 g/mol. The molecule has 2 rings (SSSR count). The fourth-order valence-electron chi connectivity index (χ4n) is 1.85. The van der Waals surface area contributed by atoms with E-state index in [2.05, 4.69) is 26.1 Å². The Labute approximate surface area is 125 Å². The van der Waals surface area contributed by atoms with E-state index >= 15 is 0 Å². The number of benzene rings is 1. The number of halogens is 1. The molecule has 0 spiro atoms. The van der Waals surface area contributed by atoms with E-state index in [9.17, 15) is 4.79 Å². The molecule has 0 saturated carbocycles. The number of carbonyl (C=O) groups is 1. The Morgan fingerprint density at radius 2 is 2.25 bits per heavy atom. The Balaban J connectivity index is 2.17. The van der Waals surface area contributed by atoms with Crippen LogP contribution in [0.1, 0.15) is 16.1 Å². The van der Waals surface area contributed by atoms with Gasteiger partial charge in [0.2, 0.25) is 0 Å². The van der Waals surface area contributed by atoms with Gasteiger partial charge in [0.05, 0.1) is 7.11 Å². The molecular weight excluding hydrogens is 324 g/mol. The summed E-state index contributed by atoms with van der Waals surface area (Å²) >= 11 is 3.41. The van der Waals surface area contributed by atoms with Crippen molar-refractivity contribution in [3.8, 4) is 5.75 Å². The number of nitrogens with zero attached hydrogens (tertiary/aromatic N) is 2. The number of carbonyl (C=O) groups excluding carboxylic acids is 1. The first-order valence-electron chi connectivity index (χ1n) is 5.90. The van der Waals surface area contributed by atoms with Crippen molar-refractivity contribution in [3.05, 3.63) is 40.0 Å². The number of ether oxygens (including phenoxy) is 1. The standard InChI is InChI=1S/C13H15BrN4O2/c1-18(13(19)10-6-12(15)17-16-10)7-8-5-9(14)3-4-11(8)20-2/h3-6H,7H2,1-2H3,(H3,15,16,17). The molecule has 0 aliphatic heterocycles. The fraction of sp³-hybridized carbons (Fsp3) is 0.231. The minimum atomic E-state index is -0.184. The topological polar surface area (TPSA) is 84.2 Å². The highest BCUT2D eigenvalue weighted by molar-refractivity contribution is 9.10. The highest BCUT2D eigenvalue weighted by Gasteiger charge is 2.16. The number of methoxy groups -OCH3 is 1. The van der Waals surface area contributed by atoms with Gasteiger partial charge < -0.3 is 15.4 Å². The molecule has 0 aliphatic carbocycles. The predicted molar refractivity (Wildman–Crippen MR) is 79.5 cm³/mol. The van der Waals surface area contributed by atoms with Gasteiger partial charge in [0.1, 0.15) is 17.3 Å². The molecule has 20 heavy (non-hydrogen) atoms. The van der Waals surface area contributed by atoms with Crippen LogP contribution >= 0.6 is 15.9 Å². The third-order valence-electron chi connectivity index (χ3n) is 2.82. The van der Waals surface area contributed by atoms with Crippen LogP contribution in [0.2, 0.25) is 0 Å². The predicted octanol–water partition coefficient (Wildman–Crippen LogP) is 2.04. The van der Waals surface area contributed by atoms with Crippen molar-refractivity contribution in [1.29, 1.82) is 0 Å². The van der Waals surface area contributed by atoms with Crippen LogP contribution < -0.4 is 10.5 Å². The number of aromatic nitrogens is 2. The Morgan fingerprint density at radius 3 is 2.85 bits per heavy atom. The van der Waals surface area contributed by atoms with Gasteiger partial charge in [-0.05, 0) is 18.2 Å². The Hall–Kier alpha value is -2.02. The first-order valence-corrected chi connectivity index (χ1v) is 6.69. The highest BCUT2D eigenvalue weighted by atomic mass is 79.9. The Morgan fingerprint density at radius 1 is 1.50 bits per heavy atom. The maximum atomic E-state index is 12.2. The first-order chi connectivity index (χ1) is 9.51. The largest absolute Gasteiger partial charge is 0.496 e. The van der Waals surface area contributed by atoms with E-state index in [4.69, 9.17) is 10.5 Å². The van der Waals surface area contributed by atoms with E-state index in [0.29, 0.717) is 18.1 Å². The number of amides is 1. The molecule has 0 radical (unpaired) electrons. The molecule has 1 aromatic carbocycles. The van der Waals surface area contributed by atoms with Gasteiger partial charge in [-0.2, -0.15) is 5.10 Å². The lowest BCUT2D eigenvalue weighted by molar-refractivity contribution is 0.0778. The second-order valence-electron chi connectivity index (χ2n) is 4.32. The summed E-state index contributed by atoms with van der Waals surface area (Å²) in [4.78, 5) is 13.8. The van der Waals surface area contributed by atoms with Crippen LogP contribution in [-0.2, 0) is 6.54 Å². The molecule has 0 bridgehead atoms. The summed E-state index contributed by atoms with van der Waals surface area (Å²) in [6.45, 7) is 0.417. The number of H-pyrrole nitrogens is 1. The molecule has 0 unspecified atom stereocenters. The lowest BCUT2D eigenvalue weighted by atomic mass is 10.2. The van der Waals surface area contributed by atoms with E-state index in [1.165, 1.54) is 6.07 Å². The summed E-state index contributed by atoms with van der Waals surface area (Å²) in [7, 11) is 3.31. The van der Waals surface area contributed by atoms with Crippen molar-refractivity contribution < 1.29 is 9.53 Å². The maximum Gasteiger partial charge on any atom is 0.271 e. The summed E-state index contributed by atoms with van der Waals surface area (Å²) < 4.78 is 6.22. The molecule has 6 nitrogen and oxygen atoms in total. The van der Waals surface area contributed by atoms with Crippen molar-refractivity contribution in [1.82, 2.24) is 15.1 Å². The lowest BCUT2D eigenvalue weighted by Gasteiger charge is -2.18. The van der Waals surface area contributed by atoms with Crippen LogP contribution in [0.25, 0.3) is 0 Å². The third-order valence-corrected chi connectivity index (χ3v) is 3.32. The maximum absolute atomic E-state index is 12.2. The number of anilines is 1. The number of rotatable bonds is 4. The van der Waals surface area contributed by atoms with Gasteiger partial charge in [0, 0.05) is 29.7 Å². The van der Waals surface area contributed by atoms with E-state index in [0.717, 1.165) is 15.8 Å². The molecule has 1 heterocycles. The van der Waals surface area contributed by atoms with Crippen molar-refractivity contribution in [2.75, 3.05) is 19.9 Å². The minimum Gasteiger partial charge on any atom is -0.496 e. The molecule has 0 aliphatic rings. The molecule has 1 amide bonds. The van der Waals surface area contributed by atoms with Crippen LogP contribution in [0.3, 0.4) is 0 Å². The molecular formula is C13H15BrN4O2.